The van der Waals surface area contributed by atoms with Crippen LogP contribution in [0.5, 0.6) is 0 Å². The van der Waals surface area contributed by atoms with E-state index in [1.807, 2.05) is 25.1 Å². The predicted molar refractivity (Wildman–Crippen MR) is 71.0 cm³/mol. The molecule has 2 nitrogen and oxygen atoms in total. The molecule has 5 atom stereocenters. The Labute approximate surface area is 107 Å². The van der Waals surface area contributed by atoms with Crippen LogP contribution >= 0.6 is 11.8 Å². The van der Waals surface area contributed by atoms with Gasteiger partial charge < -0.3 is 9.84 Å². The third-order valence-corrected chi connectivity index (χ3v) is 4.94. The Kier molecular flexibility index (Phi) is 4.13. The Bertz CT molecular complexity index is 354. The fraction of sp³-hybridized carbons (Fsp3) is 0.571. The highest BCUT2D eigenvalue weighted by atomic mass is 32.2. The van der Waals surface area contributed by atoms with Crippen LogP contribution in [0, 0.1) is 11.8 Å². The highest BCUT2D eigenvalue weighted by Crippen LogP contribution is 2.39. The molecule has 94 valence electrons. The van der Waals surface area contributed by atoms with Gasteiger partial charge in [0, 0.05) is 4.90 Å². The molecule has 1 N–H and O–H groups in total. The van der Waals surface area contributed by atoms with E-state index in [0.717, 1.165) is 0 Å². The number of thioether (sulfide) groups is 1. The minimum atomic E-state index is -0.349. The summed E-state index contributed by atoms with van der Waals surface area (Å²) in [5.74, 6) is 0.631. The molecule has 2 rings (SSSR count). The van der Waals surface area contributed by atoms with Crippen molar-refractivity contribution in [3.8, 4) is 0 Å². The van der Waals surface area contributed by atoms with Crippen molar-refractivity contribution in [2.24, 2.45) is 11.8 Å². The summed E-state index contributed by atoms with van der Waals surface area (Å²) in [7, 11) is 0. The fourth-order valence-corrected chi connectivity index (χ4v) is 3.45. The van der Waals surface area contributed by atoms with E-state index in [1.165, 1.54) is 4.90 Å². The van der Waals surface area contributed by atoms with Gasteiger partial charge in [-0.05, 0) is 30.9 Å². The van der Waals surface area contributed by atoms with Crippen LogP contribution in [0.4, 0.5) is 0 Å². The van der Waals surface area contributed by atoms with Crippen LogP contribution in [0.15, 0.2) is 35.2 Å². The highest BCUT2D eigenvalue weighted by molar-refractivity contribution is 7.99. The Morgan fingerprint density at radius 3 is 2.35 bits per heavy atom. The molecule has 0 spiro atoms. The van der Waals surface area contributed by atoms with Crippen molar-refractivity contribution < 1.29 is 9.84 Å². The van der Waals surface area contributed by atoms with E-state index in [4.69, 9.17) is 4.74 Å². The molecule has 0 amide bonds. The zero-order valence-corrected chi connectivity index (χ0v) is 11.4. The summed E-state index contributed by atoms with van der Waals surface area (Å²) in [5, 5.41) is 9.97. The molecule has 0 saturated carbocycles. The van der Waals surface area contributed by atoms with Crippen molar-refractivity contribution in [2.45, 2.75) is 43.3 Å². The molecule has 0 bridgehead atoms. The van der Waals surface area contributed by atoms with Gasteiger partial charge in [0.25, 0.3) is 0 Å². The zero-order chi connectivity index (χ0) is 12.4. The maximum Gasteiger partial charge on any atom is 0.111 e. The van der Waals surface area contributed by atoms with Gasteiger partial charge in [-0.2, -0.15) is 0 Å². The zero-order valence-electron chi connectivity index (χ0n) is 10.5. The number of ether oxygens (including phenoxy) is 1. The predicted octanol–water partition coefficient (Wildman–Crippen LogP) is 3.16. The first-order valence-corrected chi connectivity index (χ1v) is 7.03. The highest BCUT2D eigenvalue weighted by Gasteiger charge is 2.38. The molecule has 0 aromatic heterocycles. The third-order valence-electron chi connectivity index (χ3n) is 3.62. The second-order valence-electron chi connectivity index (χ2n) is 4.85. The molecule has 1 aliphatic heterocycles. The maximum atomic E-state index is 9.97. The average molecular weight is 252 g/mol. The first kappa shape index (κ1) is 12.9. The quantitative estimate of drug-likeness (QED) is 0.876. The van der Waals surface area contributed by atoms with Crippen LogP contribution in [-0.2, 0) is 4.74 Å². The lowest BCUT2D eigenvalue weighted by atomic mass is 9.86. The number of benzene rings is 1. The van der Waals surface area contributed by atoms with Gasteiger partial charge in [-0.1, -0.05) is 43.8 Å². The van der Waals surface area contributed by atoms with Crippen LogP contribution in [0.25, 0.3) is 0 Å². The largest absolute Gasteiger partial charge is 0.390 e. The standard InChI is InChI=1S/C14H20O2S/c1-9-10(2)14(16-11(3)13(9)15)17-12-7-5-4-6-8-12/h4-11,13-15H,1-3H3. The number of aliphatic hydroxyl groups is 1. The minimum absolute atomic E-state index is 0.0811. The molecule has 3 heteroatoms. The maximum absolute atomic E-state index is 9.97. The van der Waals surface area contributed by atoms with Crippen molar-refractivity contribution in [3.05, 3.63) is 30.3 Å². The molecule has 1 heterocycles. The summed E-state index contributed by atoms with van der Waals surface area (Å²) >= 11 is 1.75. The van der Waals surface area contributed by atoms with Crippen molar-refractivity contribution in [2.75, 3.05) is 0 Å². The minimum Gasteiger partial charge on any atom is -0.390 e. The Hall–Kier alpha value is -0.510. The van der Waals surface area contributed by atoms with E-state index in [0.29, 0.717) is 5.92 Å². The smallest absolute Gasteiger partial charge is 0.111 e. The Morgan fingerprint density at radius 1 is 1.06 bits per heavy atom. The molecular formula is C14H20O2S. The van der Waals surface area contributed by atoms with Crippen LogP contribution in [-0.4, -0.2) is 22.8 Å². The van der Waals surface area contributed by atoms with Gasteiger partial charge in [0.2, 0.25) is 0 Å². The average Bonchev–Trinajstić information content (AvgIpc) is 2.35. The molecule has 1 aliphatic rings. The number of rotatable bonds is 2. The van der Waals surface area contributed by atoms with Crippen molar-refractivity contribution in [1.29, 1.82) is 0 Å². The van der Waals surface area contributed by atoms with Gasteiger partial charge >= 0.3 is 0 Å². The molecule has 0 aliphatic carbocycles. The summed E-state index contributed by atoms with van der Waals surface area (Å²) in [6, 6.07) is 10.3. The SMILES string of the molecule is CC1OC(Sc2ccccc2)C(C)C(C)C1O. The molecule has 1 fully saturated rings. The Morgan fingerprint density at radius 2 is 1.71 bits per heavy atom. The van der Waals surface area contributed by atoms with Crippen LogP contribution in [0.3, 0.4) is 0 Å². The molecule has 1 aromatic carbocycles. The molecule has 5 unspecified atom stereocenters. The van der Waals surface area contributed by atoms with Gasteiger partial charge in [0.05, 0.1) is 12.2 Å². The first-order valence-electron chi connectivity index (χ1n) is 6.15. The normalized spacial score (nSPS) is 38.0. The van der Waals surface area contributed by atoms with E-state index in [-0.39, 0.29) is 23.6 Å². The van der Waals surface area contributed by atoms with E-state index < -0.39 is 0 Å². The third kappa shape index (κ3) is 2.84. The van der Waals surface area contributed by atoms with Crippen LogP contribution in [0.1, 0.15) is 20.8 Å². The molecule has 1 saturated heterocycles. The summed E-state index contributed by atoms with van der Waals surface area (Å²) < 4.78 is 5.90. The molecule has 1 aromatic rings. The van der Waals surface area contributed by atoms with Gasteiger partial charge in [0.15, 0.2) is 0 Å². The lowest BCUT2D eigenvalue weighted by Crippen LogP contribution is -2.46. The van der Waals surface area contributed by atoms with Crippen molar-refractivity contribution in [1.82, 2.24) is 0 Å². The number of aliphatic hydroxyl groups excluding tert-OH is 1. The summed E-state index contributed by atoms with van der Waals surface area (Å²) in [5.41, 5.74) is 0.130. The molecular weight excluding hydrogens is 232 g/mol. The van der Waals surface area contributed by atoms with Gasteiger partial charge in [0.1, 0.15) is 5.44 Å². The second-order valence-corrected chi connectivity index (χ2v) is 6.02. The second kappa shape index (κ2) is 5.42. The number of hydrogen-bond acceptors (Lipinski definition) is 3. The molecule has 0 radical (unpaired) electrons. The lowest BCUT2D eigenvalue weighted by molar-refractivity contribution is -0.130. The van der Waals surface area contributed by atoms with Crippen molar-refractivity contribution >= 4 is 11.8 Å². The number of hydrogen-bond donors (Lipinski definition) is 1. The summed E-state index contributed by atoms with van der Waals surface area (Å²) in [4.78, 5) is 1.22. The lowest BCUT2D eigenvalue weighted by Gasteiger charge is -2.41. The fourth-order valence-electron chi connectivity index (χ4n) is 2.17. The van der Waals surface area contributed by atoms with E-state index in [9.17, 15) is 5.11 Å². The van der Waals surface area contributed by atoms with E-state index >= 15 is 0 Å². The van der Waals surface area contributed by atoms with Gasteiger partial charge in [-0.25, -0.2) is 0 Å². The topological polar surface area (TPSA) is 29.5 Å². The summed E-state index contributed by atoms with van der Waals surface area (Å²) in [6.07, 6.45) is -0.431. The van der Waals surface area contributed by atoms with E-state index in [2.05, 4.69) is 26.0 Å². The van der Waals surface area contributed by atoms with Gasteiger partial charge in [-0.3, -0.25) is 0 Å². The van der Waals surface area contributed by atoms with Crippen LogP contribution < -0.4 is 0 Å². The summed E-state index contributed by atoms with van der Waals surface area (Å²) in [6.45, 7) is 6.21. The van der Waals surface area contributed by atoms with E-state index in [1.54, 1.807) is 11.8 Å². The Balaban J connectivity index is 2.06. The van der Waals surface area contributed by atoms with Gasteiger partial charge in [-0.15, -0.1) is 0 Å². The van der Waals surface area contributed by atoms with Crippen molar-refractivity contribution in [3.63, 3.8) is 0 Å². The first-order chi connectivity index (χ1) is 8.09. The van der Waals surface area contributed by atoms with Crippen LogP contribution in [0.2, 0.25) is 0 Å². The monoisotopic (exact) mass is 252 g/mol. The molecule has 17 heavy (non-hydrogen) atoms.